The summed E-state index contributed by atoms with van der Waals surface area (Å²) in [6, 6.07) is 17.5. The van der Waals surface area contributed by atoms with Crippen molar-refractivity contribution in [2.75, 3.05) is 7.11 Å². The van der Waals surface area contributed by atoms with Crippen molar-refractivity contribution < 1.29 is 18.7 Å². The smallest absolute Gasteiger partial charge is 0.343 e. The van der Waals surface area contributed by atoms with Gasteiger partial charge < -0.3 is 9.47 Å². The van der Waals surface area contributed by atoms with E-state index in [1.165, 1.54) is 42.7 Å². The topological polar surface area (TPSA) is 69.9 Å². The van der Waals surface area contributed by atoms with Crippen LogP contribution in [0.25, 0.3) is 22.1 Å². The fourth-order valence-corrected chi connectivity index (χ4v) is 4.35. The third-order valence-electron chi connectivity index (χ3n) is 4.91. The lowest BCUT2D eigenvalue weighted by molar-refractivity contribution is 0.0729. The fraction of sp³-hybridized carbons (Fsp3) is 0.0417. The van der Waals surface area contributed by atoms with E-state index in [1.807, 2.05) is 24.3 Å². The second kappa shape index (κ2) is 7.90. The van der Waals surface area contributed by atoms with Crippen molar-refractivity contribution in [2.24, 2.45) is 0 Å². The van der Waals surface area contributed by atoms with Crippen molar-refractivity contribution in [3.63, 3.8) is 0 Å². The number of nitrogens with zero attached hydrogens (tertiary/aromatic N) is 2. The first kappa shape index (κ1) is 19.9. The van der Waals surface area contributed by atoms with Gasteiger partial charge in [0, 0.05) is 0 Å². The molecular weight excluding hydrogens is 431 g/mol. The molecule has 158 valence electrons. The molecule has 0 saturated heterocycles. The lowest BCUT2D eigenvalue weighted by Crippen LogP contribution is -2.22. The third kappa shape index (κ3) is 3.50. The number of methoxy groups -OCH3 is 1. The number of benzene rings is 3. The van der Waals surface area contributed by atoms with Crippen LogP contribution in [-0.4, -0.2) is 22.5 Å². The summed E-state index contributed by atoms with van der Waals surface area (Å²) in [5.41, 5.74) is 2.31. The summed E-state index contributed by atoms with van der Waals surface area (Å²) in [4.78, 5) is 30.4. The zero-order valence-corrected chi connectivity index (χ0v) is 17.6. The van der Waals surface area contributed by atoms with E-state index in [0.717, 1.165) is 11.0 Å². The van der Waals surface area contributed by atoms with E-state index < -0.39 is 11.8 Å². The maximum absolute atomic E-state index is 13.1. The van der Waals surface area contributed by atoms with E-state index in [1.54, 1.807) is 28.7 Å². The summed E-state index contributed by atoms with van der Waals surface area (Å²) in [6.07, 6.45) is 1.74. The molecule has 32 heavy (non-hydrogen) atoms. The lowest BCUT2D eigenvalue weighted by Gasteiger charge is -2.10. The zero-order chi connectivity index (χ0) is 22.2. The number of hydrogen-bond donors (Lipinski definition) is 0. The van der Waals surface area contributed by atoms with E-state index in [0.29, 0.717) is 20.8 Å². The van der Waals surface area contributed by atoms with Crippen molar-refractivity contribution >= 4 is 39.4 Å². The minimum absolute atomic E-state index is 0.149. The summed E-state index contributed by atoms with van der Waals surface area (Å²) in [5, 5.41) is 0. The first-order chi connectivity index (χ1) is 15.5. The van der Waals surface area contributed by atoms with Gasteiger partial charge in [-0.3, -0.25) is 4.79 Å². The van der Waals surface area contributed by atoms with Crippen molar-refractivity contribution in [3.05, 3.63) is 98.6 Å². The molecule has 0 spiro atoms. The van der Waals surface area contributed by atoms with Gasteiger partial charge in [-0.25, -0.2) is 18.6 Å². The Labute approximate surface area is 184 Å². The van der Waals surface area contributed by atoms with Gasteiger partial charge in [-0.05, 0) is 60.2 Å². The van der Waals surface area contributed by atoms with E-state index in [4.69, 9.17) is 9.47 Å². The predicted octanol–water partition coefficient (Wildman–Crippen LogP) is 3.82. The number of thiazole rings is 1. The Kier molecular flexibility index (Phi) is 4.91. The fourth-order valence-electron chi connectivity index (χ4n) is 3.37. The van der Waals surface area contributed by atoms with Crippen LogP contribution in [0.5, 0.6) is 11.5 Å². The largest absolute Gasteiger partial charge is 0.493 e. The molecule has 5 rings (SSSR count). The molecule has 0 fully saturated rings. The second-order valence-electron chi connectivity index (χ2n) is 6.94. The van der Waals surface area contributed by atoms with E-state index in [2.05, 4.69) is 4.98 Å². The molecule has 0 amide bonds. The number of aromatic nitrogens is 2. The number of fused-ring (bicyclic) bond motifs is 3. The Morgan fingerprint density at radius 1 is 1.06 bits per heavy atom. The molecule has 0 bridgehead atoms. The number of halogens is 1. The highest BCUT2D eigenvalue weighted by Gasteiger charge is 2.14. The predicted molar refractivity (Wildman–Crippen MR) is 120 cm³/mol. The number of esters is 1. The van der Waals surface area contributed by atoms with Crippen LogP contribution >= 0.6 is 11.3 Å². The Morgan fingerprint density at radius 3 is 2.62 bits per heavy atom. The molecule has 5 aromatic rings. The summed E-state index contributed by atoms with van der Waals surface area (Å²) >= 11 is 1.30. The summed E-state index contributed by atoms with van der Waals surface area (Å²) in [5.74, 6) is -0.527. The normalized spacial score (nSPS) is 11.9. The molecule has 6 nitrogen and oxygen atoms in total. The van der Waals surface area contributed by atoms with Gasteiger partial charge in [0.1, 0.15) is 5.82 Å². The first-order valence-electron chi connectivity index (χ1n) is 9.61. The standard InChI is InChI=1S/C24H15FN2O4S/c1-30-20-12-14(6-11-19(20)31-23(29)15-7-9-16(25)10-8-15)13-21-22(28)27-18-5-3-2-4-17(18)26-24(27)32-21/h2-13H,1H3. The van der Waals surface area contributed by atoms with Crippen LogP contribution in [0.1, 0.15) is 15.9 Å². The first-order valence-corrected chi connectivity index (χ1v) is 10.4. The zero-order valence-electron chi connectivity index (χ0n) is 16.7. The van der Waals surface area contributed by atoms with Crippen LogP contribution < -0.4 is 19.6 Å². The second-order valence-corrected chi connectivity index (χ2v) is 7.95. The number of rotatable bonds is 4. The highest BCUT2D eigenvalue weighted by molar-refractivity contribution is 7.15. The molecule has 0 aliphatic carbocycles. The molecule has 0 saturated carbocycles. The van der Waals surface area contributed by atoms with E-state index >= 15 is 0 Å². The molecule has 8 heteroatoms. The van der Waals surface area contributed by atoms with Crippen LogP contribution in [-0.2, 0) is 0 Å². The van der Waals surface area contributed by atoms with Crippen molar-refractivity contribution in [1.82, 2.24) is 9.38 Å². The Morgan fingerprint density at radius 2 is 1.84 bits per heavy atom. The molecule has 0 atom stereocenters. The van der Waals surface area contributed by atoms with Crippen LogP contribution in [0, 0.1) is 5.82 Å². The van der Waals surface area contributed by atoms with Crippen LogP contribution in [0.3, 0.4) is 0 Å². The van der Waals surface area contributed by atoms with Gasteiger partial charge in [0.05, 0.1) is 28.2 Å². The average Bonchev–Trinajstić information content (AvgIpc) is 3.31. The molecule has 3 aromatic carbocycles. The van der Waals surface area contributed by atoms with Gasteiger partial charge in [0.15, 0.2) is 16.5 Å². The maximum Gasteiger partial charge on any atom is 0.343 e. The van der Waals surface area contributed by atoms with Crippen LogP contribution in [0.2, 0.25) is 0 Å². The van der Waals surface area contributed by atoms with Crippen LogP contribution in [0.15, 0.2) is 71.5 Å². The monoisotopic (exact) mass is 446 g/mol. The molecule has 0 aliphatic rings. The Bertz CT molecular complexity index is 1590. The molecule has 2 aromatic heterocycles. The number of carbonyl (C=O) groups excluding carboxylic acids is 1. The van der Waals surface area contributed by atoms with Gasteiger partial charge in [0.25, 0.3) is 5.56 Å². The Balaban J connectivity index is 1.49. The van der Waals surface area contributed by atoms with Crippen molar-refractivity contribution in [3.8, 4) is 11.5 Å². The maximum atomic E-state index is 13.1. The minimum Gasteiger partial charge on any atom is -0.493 e. The van der Waals surface area contributed by atoms with Gasteiger partial charge in [-0.15, -0.1) is 0 Å². The van der Waals surface area contributed by atoms with Crippen molar-refractivity contribution in [1.29, 1.82) is 0 Å². The highest BCUT2D eigenvalue weighted by Crippen LogP contribution is 2.29. The van der Waals surface area contributed by atoms with Gasteiger partial charge >= 0.3 is 5.97 Å². The number of hydrogen-bond acceptors (Lipinski definition) is 6. The molecule has 0 unspecified atom stereocenters. The van der Waals surface area contributed by atoms with E-state index in [9.17, 15) is 14.0 Å². The van der Waals surface area contributed by atoms with Crippen LogP contribution in [0.4, 0.5) is 4.39 Å². The quantitative estimate of drug-likeness (QED) is 0.310. The lowest BCUT2D eigenvalue weighted by atomic mass is 10.2. The minimum atomic E-state index is -0.631. The Hall–Kier alpha value is -4.04. The highest BCUT2D eigenvalue weighted by atomic mass is 32.1. The molecule has 2 heterocycles. The number of carbonyl (C=O) groups is 1. The number of para-hydroxylation sites is 2. The van der Waals surface area contributed by atoms with Gasteiger partial charge in [-0.1, -0.05) is 29.5 Å². The number of ether oxygens (including phenoxy) is 2. The SMILES string of the molecule is COc1cc(C=c2sc3nc4ccccc4n3c2=O)ccc1OC(=O)c1ccc(F)cc1. The summed E-state index contributed by atoms with van der Waals surface area (Å²) < 4.78 is 26.0. The summed E-state index contributed by atoms with van der Waals surface area (Å²) in [7, 11) is 1.46. The van der Waals surface area contributed by atoms with Gasteiger partial charge in [0.2, 0.25) is 0 Å². The van der Waals surface area contributed by atoms with Crippen molar-refractivity contribution in [2.45, 2.75) is 0 Å². The molecular formula is C24H15FN2O4S. The summed E-state index contributed by atoms with van der Waals surface area (Å²) in [6.45, 7) is 0. The molecule has 0 radical (unpaired) electrons. The average molecular weight is 446 g/mol. The molecule has 0 N–H and O–H groups in total. The molecule has 0 aliphatic heterocycles. The number of imidazole rings is 1. The van der Waals surface area contributed by atoms with E-state index in [-0.39, 0.29) is 16.9 Å². The van der Waals surface area contributed by atoms with Gasteiger partial charge in [-0.2, -0.15) is 0 Å². The third-order valence-corrected chi connectivity index (χ3v) is 5.88.